The number of Topliss-reactive ketones (excluding diaryl/α,β-unsaturated/α-hetero) is 1. The monoisotopic (exact) mass is 1320 g/mol. The van der Waals surface area contributed by atoms with Gasteiger partial charge in [0.15, 0.2) is 5.78 Å². The van der Waals surface area contributed by atoms with Gasteiger partial charge in [0.1, 0.15) is 54.4 Å². The second-order valence-electron chi connectivity index (χ2n) is 28.7. The first-order valence-electron chi connectivity index (χ1n) is 34.0. The Morgan fingerprint density at radius 3 is 1.45 bits per heavy atom. The molecule has 0 aromatic carbocycles. The standard InChI is InChI=1S/C68H124N12O13/c1-24-48-37-53(81)58(59(84)45(14)29-28-30-54(82)70-32-27-25-26-31-69)80(23)68(93)57(44(12)13)79(22)66(91)52(36-42(8)9)78(21)65(90)51(35-41(6)7)77(20)63(88)47(16)72-60(85)46(15)71-61(86)50(34-40(4)5)76(19)67(92)56(43(10)11)73-62(87)49(33-39(2)3)75(18)55(83)38-74(17)64(48)89/h39-52,56-59,84H,24-38,69H2,1-23H3,(H,70,82)(H,71,86)(H,72,85)(H,73,87)/t45-,46+,47-,48-,49+,50+,51+,52+,56+,57+,58-,59-/m1/s1. The number of rotatable bonds is 22. The summed E-state index contributed by atoms with van der Waals surface area (Å²) >= 11 is 0. The van der Waals surface area contributed by atoms with Crippen LogP contribution in [0.5, 0.6) is 0 Å². The Morgan fingerprint density at radius 2 is 0.968 bits per heavy atom. The molecule has 0 radical (unpaired) electrons. The molecule has 0 spiro atoms. The molecular formula is C68H124N12O13. The molecular weight excluding hydrogens is 1190 g/mol. The van der Waals surface area contributed by atoms with E-state index in [9.17, 15) is 43.5 Å². The minimum atomic E-state index is -1.59. The van der Waals surface area contributed by atoms with E-state index in [-0.39, 0.29) is 74.5 Å². The molecule has 0 bridgehead atoms. The highest BCUT2D eigenvalue weighted by Crippen LogP contribution is 2.28. The van der Waals surface area contributed by atoms with E-state index in [0.29, 0.717) is 19.5 Å². The van der Waals surface area contributed by atoms with Gasteiger partial charge in [0, 0.05) is 74.6 Å². The molecule has 1 aliphatic rings. The number of hydrogen-bond acceptors (Lipinski definition) is 14. The molecule has 11 amide bonds. The minimum Gasteiger partial charge on any atom is -0.390 e. The SMILES string of the molecule is CC[C@@H]1CC(=O)[C@H]([C@H](O)[C@H](C)CCCC(=O)NCCCCCN)N(C)C(=O)[C@H](C(C)C)N(C)C(=O)[C@H](CC(C)C)N(C)C(=O)[C@H](CC(C)C)N(C)C(=O)[C@@H](C)NC(=O)[C@H](C)NC(=O)[C@H](CC(C)C)N(C)C(=O)[C@H](C(C)C)NC(=O)[C@H](CC(C)C)N(C)C(=O)CN(C)C1=O. The van der Waals surface area contributed by atoms with E-state index in [0.717, 1.165) is 29.1 Å². The Morgan fingerprint density at radius 1 is 0.516 bits per heavy atom. The van der Waals surface area contributed by atoms with Crippen LogP contribution in [0, 0.1) is 47.3 Å². The summed E-state index contributed by atoms with van der Waals surface area (Å²) in [6, 6.07) is -11.2. The molecule has 534 valence electrons. The van der Waals surface area contributed by atoms with Gasteiger partial charge in [0.2, 0.25) is 65.0 Å². The number of aliphatic hydroxyl groups is 1. The van der Waals surface area contributed by atoms with E-state index in [2.05, 4.69) is 21.3 Å². The Hall–Kier alpha value is -6.24. The van der Waals surface area contributed by atoms with Gasteiger partial charge in [-0.15, -0.1) is 0 Å². The smallest absolute Gasteiger partial charge is 0.246 e. The third kappa shape index (κ3) is 25.8. The fourth-order valence-electron chi connectivity index (χ4n) is 12.0. The van der Waals surface area contributed by atoms with Gasteiger partial charge in [0.05, 0.1) is 12.6 Å². The average molecular weight is 1320 g/mol. The molecule has 0 aromatic heterocycles. The summed E-state index contributed by atoms with van der Waals surface area (Å²) < 4.78 is 0. The van der Waals surface area contributed by atoms with E-state index in [1.165, 1.54) is 87.7 Å². The maximum atomic E-state index is 15.4. The lowest BCUT2D eigenvalue weighted by molar-refractivity contribution is -0.157. The van der Waals surface area contributed by atoms with Crippen LogP contribution in [0.1, 0.15) is 188 Å². The maximum absolute atomic E-state index is 15.4. The minimum absolute atomic E-state index is 0.0951. The molecule has 1 rings (SSSR count). The predicted molar refractivity (Wildman–Crippen MR) is 360 cm³/mol. The lowest BCUT2D eigenvalue weighted by Crippen LogP contribution is -2.62. The van der Waals surface area contributed by atoms with Crippen LogP contribution in [0.3, 0.4) is 0 Å². The first-order valence-corrected chi connectivity index (χ1v) is 34.0. The molecule has 12 atom stereocenters. The Labute approximate surface area is 557 Å². The summed E-state index contributed by atoms with van der Waals surface area (Å²) in [5.74, 6) is -10.9. The number of carbonyl (C=O) groups excluding carboxylic acids is 12. The van der Waals surface area contributed by atoms with Gasteiger partial charge >= 0.3 is 0 Å². The van der Waals surface area contributed by atoms with Crippen molar-refractivity contribution in [2.24, 2.45) is 53.1 Å². The Balaban J connectivity index is 4.31. The number of nitrogens with one attached hydrogen (secondary N) is 4. The van der Waals surface area contributed by atoms with E-state index in [4.69, 9.17) is 5.73 Å². The third-order valence-electron chi connectivity index (χ3n) is 17.9. The molecule has 1 fully saturated rings. The number of nitrogens with two attached hydrogens (primary N) is 1. The summed E-state index contributed by atoms with van der Waals surface area (Å²) in [6.07, 6.45) is 1.83. The fraction of sp³-hybridized carbons (Fsp3) is 0.824. The normalized spacial score (nSPS) is 25.5. The first kappa shape index (κ1) is 84.8. The van der Waals surface area contributed by atoms with Gasteiger partial charge in [-0.3, -0.25) is 57.5 Å². The van der Waals surface area contributed by atoms with Crippen molar-refractivity contribution in [1.82, 2.24) is 55.6 Å². The molecule has 1 saturated heterocycles. The van der Waals surface area contributed by atoms with Gasteiger partial charge in [-0.25, -0.2) is 0 Å². The lowest BCUT2D eigenvalue weighted by atomic mass is 9.85. The first-order chi connectivity index (χ1) is 43.1. The average Bonchev–Trinajstić information content (AvgIpc) is 0.817. The number of amides is 11. The van der Waals surface area contributed by atoms with Gasteiger partial charge in [-0.1, -0.05) is 103 Å². The maximum Gasteiger partial charge on any atom is 0.246 e. The summed E-state index contributed by atoms with van der Waals surface area (Å²) in [4.78, 5) is 183. The van der Waals surface area contributed by atoms with Crippen molar-refractivity contribution in [2.75, 3.05) is 69.0 Å². The summed E-state index contributed by atoms with van der Waals surface area (Å²) in [5, 5.41) is 23.6. The van der Waals surface area contributed by atoms with Crippen LogP contribution in [-0.4, -0.2) is 240 Å². The van der Waals surface area contributed by atoms with Crippen LogP contribution in [0.15, 0.2) is 0 Å². The zero-order valence-corrected chi connectivity index (χ0v) is 61.1. The summed E-state index contributed by atoms with van der Waals surface area (Å²) in [5.41, 5.74) is 5.62. The van der Waals surface area contributed by atoms with Crippen molar-refractivity contribution in [3.8, 4) is 0 Å². The van der Waals surface area contributed by atoms with Crippen LogP contribution in [0.2, 0.25) is 0 Å². The topological polar surface area (TPSA) is 322 Å². The van der Waals surface area contributed by atoms with Crippen LogP contribution in [0.25, 0.3) is 0 Å². The van der Waals surface area contributed by atoms with Crippen LogP contribution < -0.4 is 27.0 Å². The highest BCUT2D eigenvalue weighted by atomic mass is 16.3. The number of unbranched alkanes of at least 4 members (excludes halogenated alkanes) is 2. The van der Waals surface area contributed by atoms with Gasteiger partial charge < -0.3 is 66.4 Å². The third-order valence-corrected chi connectivity index (χ3v) is 17.9. The zero-order valence-electron chi connectivity index (χ0n) is 61.1. The second-order valence-corrected chi connectivity index (χ2v) is 28.7. The number of aliphatic hydroxyl groups excluding tert-OH is 1. The molecule has 93 heavy (non-hydrogen) atoms. The molecule has 1 aliphatic heterocycles. The quantitative estimate of drug-likeness (QED) is 0.0841. The summed E-state index contributed by atoms with van der Waals surface area (Å²) in [7, 11) is 9.95. The highest BCUT2D eigenvalue weighted by molar-refractivity contribution is 5.99. The number of carbonyl (C=O) groups is 12. The van der Waals surface area contributed by atoms with Gasteiger partial charge in [0.25, 0.3) is 0 Å². The van der Waals surface area contributed by atoms with Crippen molar-refractivity contribution >= 4 is 70.8 Å². The van der Waals surface area contributed by atoms with Crippen molar-refractivity contribution in [3.05, 3.63) is 0 Å². The van der Waals surface area contributed by atoms with E-state index in [1.54, 1.807) is 41.5 Å². The van der Waals surface area contributed by atoms with Crippen molar-refractivity contribution in [3.63, 3.8) is 0 Å². The number of likely N-dealkylation sites (N-methyl/N-ethyl adjacent to an activating group) is 7. The zero-order chi connectivity index (χ0) is 71.8. The van der Waals surface area contributed by atoms with Crippen LogP contribution in [0.4, 0.5) is 0 Å². The van der Waals surface area contributed by atoms with Crippen LogP contribution >= 0.6 is 0 Å². The fourth-order valence-corrected chi connectivity index (χ4v) is 12.0. The van der Waals surface area contributed by atoms with Gasteiger partial charge in [-0.05, 0) is 120 Å². The molecule has 1 heterocycles. The van der Waals surface area contributed by atoms with E-state index in [1.807, 2.05) is 55.4 Å². The number of ketones is 1. The van der Waals surface area contributed by atoms with Crippen molar-refractivity contribution in [2.45, 2.75) is 248 Å². The molecule has 0 unspecified atom stereocenters. The molecule has 0 aliphatic carbocycles. The Bertz CT molecular complexity index is 2490. The number of hydrogen-bond donors (Lipinski definition) is 6. The Kier molecular flexibility index (Phi) is 36.7. The van der Waals surface area contributed by atoms with Crippen molar-refractivity contribution in [1.29, 1.82) is 0 Å². The largest absolute Gasteiger partial charge is 0.390 e. The lowest BCUT2D eigenvalue weighted by Gasteiger charge is -2.41. The van der Waals surface area contributed by atoms with Crippen molar-refractivity contribution < 1.29 is 62.6 Å². The molecule has 7 N–H and O–H groups in total. The van der Waals surface area contributed by atoms with Gasteiger partial charge in [-0.2, -0.15) is 0 Å². The number of nitrogens with zero attached hydrogens (tertiary/aromatic N) is 7. The van der Waals surface area contributed by atoms with E-state index >= 15 is 19.2 Å². The molecule has 0 saturated carbocycles. The van der Waals surface area contributed by atoms with Crippen LogP contribution in [-0.2, 0) is 57.5 Å². The molecule has 25 heteroatoms. The van der Waals surface area contributed by atoms with E-state index < -0.39 is 162 Å². The predicted octanol–water partition coefficient (Wildman–Crippen LogP) is 3.81. The summed E-state index contributed by atoms with van der Waals surface area (Å²) in [6.45, 7) is 28.6. The molecule has 0 aromatic rings. The highest BCUT2D eigenvalue weighted by Gasteiger charge is 2.46. The molecule has 25 nitrogen and oxygen atoms in total. The second kappa shape index (κ2) is 40.2.